The summed E-state index contributed by atoms with van der Waals surface area (Å²) in [5, 5.41) is 12.2. The van der Waals surface area contributed by atoms with E-state index in [-0.39, 0.29) is 6.04 Å². The Morgan fingerprint density at radius 2 is 1.82 bits per heavy atom. The van der Waals surface area contributed by atoms with Crippen LogP contribution in [0.5, 0.6) is 0 Å². The predicted octanol–water partition coefficient (Wildman–Crippen LogP) is 3.53. The molecule has 1 aromatic rings. The molecule has 0 heterocycles. The van der Waals surface area contributed by atoms with Gasteiger partial charge in [-0.1, -0.05) is 36.8 Å². The minimum absolute atomic E-state index is 0.229. The van der Waals surface area contributed by atoms with Gasteiger partial charge in [0.15, 0.2) is 11.8 Å². The Hall–Kier alpha value is -1.31. The summed E-state index contributed by atoms with van der Waals surface area (Å²) in [7, 11) is 0. The van der Waals surface area contributed by atoms with E-state index in [0.29, 0.717) is 0 Å². The Morgan fingerprint density at radius 3 is 2.47 bits per heavy atom. The van der Waals surface area contributed by atoms with Crippen LogP contribution in [0.25, 0.3) is 0 Å². The smallest absolute Gasteiger partial charge is 0.165 e. The molecule has 0 aromatic heterocycles. The van der Waals surface area contributed by atoms with Crippen molar-refractivity contribution in [3.63, 3.8) is 0 Å². The van der Waals surface area contributed by atoms with Crippen LogP contribution < -0.4 is 0 Å². The van der Waals surface area contributed by atoms with Gasteiger partial charge in [-0.25, -0.2) is 4.74 Å². The molecular formula is C15H21NO. The first-order valence-electron chi connectivity index (χ1n) is 6.60. The molecule has 1 aliphatic rings. The SMILES string of the molecule is C/C(Cc1ccccc1)=[N+](/[O-])C1CCCCC1. The van der Waals surface area contributed by atoms with Crippen LogP contribution in [0.2, 0.25) is 0 Å². The average Bonchev–Trinajstić information content (AvgIpc) is 2.40. The van der Waals surface area contributed by atoms with Crippen LogP contribution in [-0.2, 0) is 6.42 Å². The van der Waals surface area contributed by atoms with E-state index >= 15 is 0 Å². The molecule has 1 saturated carbocycles. The molecule has 2 nitrogen and oxygen atoms in total. The minimum Gasteiger partial charge on any atom is -0.624 e. The van der Waals surface area contributed by atoms with Crippen LogP contribution in [0.3, 0.4) is 0 Å². The molecule has 0 radical (unpaired) electrons. The van der Waals surface area contributed by atoms with Crippen LogP contribution in [-0.4, -0.2) is 16.5 Å². The summed E-state index contributed by atoms with van der Waals surface area (Å²) in [6, 6.07) is 10.5. The lowest BCUT2D eigenvalue weighted by atomic mass is 9.95. The molecule has 0 amide bonds. The maximum absolute atomic E-state index is 12.2. The molecule has 2 heteroatoms. The molecule has 0 unspecified atom stereocenters. The number of hydrogen-bond acceptors (Lipinski definition) is 1. The summed E-state index contributed by atoms with van der Waals surface area (Å²) in [6.07, 6.45) is 6.62. The Kier molecular flexibility index (Phi) is 4.18. The van der Waals surface area contributed by atoms with E-state index in [2.05, 4.69) is 12.1 Å². The van der Waals surface area contributed by atoms with Gasteiger partial charge in [-0.2, -0.15) is 0 Å². The van der Waals surface area contributed by atoms with Crippen LogP contribution in [0.4, 0.5) is 0 Å². The van der Waals surface area contributed by atoms with Crippen molar-refractivity contribution in [2.75, 3.05) is 0 Å². The van der Waals surface area contributed by atoms with Crippen LogP contribution >= 0.6 is 0 Å². The van der Waals surface area contributed by atoms with E-state index in [1.807, 2.05) is 25.1 Å². The molecule has 17 heavy (non-hydrogen) atoms. The normalized spacial score (nSPS) is 18.9. The summed E-state index contributed by atoms with van der Waals surface area (Å²) in [6.45, 7) is 1.97. The Balaban J connectivity index is 2.03. The van der Waals surface area contributed by atoms with Gasteiger partial charge in [0.25, 0.3) is 0 Å². The molecule has 1 fully saturated rings. The molecule has 2 rings (SSSR count). The Morgan fingerprint density at radius 1 is 1.18 bits per heavy atom. The highest BCUT2D eigenvalue weighted by molar-refractivity contribution is 5.79. The largest absolute Gasteiger partial charge is 0.624 e. The second kappa shape index (κ2) is 5.85. The van der Waals surface area contributed by atoms with E-state index in [0.717, 1.165) is 25.0 Å². The molecule has 0 saturated heterocycles. The molecule has 0 aliphatic heterocycles. The lowest BCUT2D eigenvalue weighted by Gasteiger charge is -2.22. The topological polar surface area (TPSA) is 26.1 Å². The average molecular weight is 231 g/mol. The zero-order chi connectivity index (χ0) is 12.1. The summed E-state index contributed by atoms with van der Waals surface area (Å²) >= 11 is 0. The number of nitrogens with zero attached hydrogens (tertiary/aromatic N) is 1. The molecule has 1 aliphatic carbocycles. The van der Waals surface area contributed by atoms with Gasteiger partial charge < -0.3 is 5.21 Å². The van der Waals surface area contributed by atoms with E-state index in [4.69, 9.17) is 0 Å². The van der Waals surface area contributed by atoms with Crippen LogP contribution in [0.15, 0.2) is 30.3 Å². The van der Waals surface area contributed by atoms with Gasteiger partial charge in [0, 0.05) is 19.8 Å². The predicted molar refractivity (Wildman–Crippen MR) is 71.3 cm³/mol. The maximum Gasteiger partial charge on any atom is 0.165 e. The van der Waals surface area contributed by atoms with Crippen molar-refractivity contribution in [2.45, 2.75) is 51.5 Å². The zero-order valence-corrected chi connectivity index (χ0v) is 10.6. The van der Waals surface area contributed by atoms with Crippen molar-refractivity contribution in [1.29, 1.82) is 0 Å². The first-order chi connectivity index (χ1) is 8.27. The van der Waals surface area contributed by atoms with Crippen LogP contribution in [0, 0.1) is 5.21 Å². The van der Waals surface area contributed by atoms with Gasteiger partial charge in [0.2, 0.25) is 0 Å². The molecule has 0 N–H and O–H groups in total. The lowest BCUT2D eigenvalue weighted by Crippen LogP contribution is -2.29. The second-order valence-corrected chi connectivity index (χ2v) is 5.02. The van der Waals surface area contributed by atoms with Gasteiger partial charge in [-0.05, 0) is 18.4 Å². The van der Waals surface area contributed by atoms with E-state index < -0.39 is 0 Å². The first kappa shape index (κ1) is 12.2. The van der Waals surface area contributed by atoms with Crippen molar-refractivity contribution >= 4 is 5.71 Å². The monoisotopic (exact) mass is 231 g/mol. The van der Waals surface area contributed by atoms with Gasteiger partial charge in [-0.3, -0.25) is 0 Å². The van der Waals surface area contributed by atoms with Crippen molar-refractivity contribution in [3.05, 3.63) is 41.1 Å². The molecule has 0 bridgehead atoms. The summed E-state index contributed by atoms with van der Waals surface area (Å²) in [4.78, 5) is 0. The highest BCUT2D eigenvalue weighted by Crippen LogP contribution is 2.20. The van der Waals surface area contributed by atoms with E-state index in [1.165, 1.54) is 29.6 Å². The third-order valence-electron chi connectivity index (χ3n) is 3.59. The first-order valence-corrected chi connectivity index (χ1v) is 6.60. The molecule has 0 atom stereocenters. The fourth-order valence-electron chi connectivity index (χ4n) is 2.60. The highest BCUT2D eigenvalue weighted by Gasteiger charge is 2.21. The summed E-state index contributed by atoms with van der Waals surface area (Å²) in [5.74, 6) is 0. The van der Waals surface area contributed by atoms with E-state index in [9.17, 15) is 5.21 Å². The third kappa shape index (κ3) is 3.32. The standard InChI is InChI=1S/C15H21NO/c1-13(12-14-8-4-2-5-9-14)16(17)15-10-6-3-7-11-15/h2,4-5,8-9,15H,3,6-7,10-12H2,1H3/b16-13-. The number of benzene rings is 1. The summed E-state index contributed by atoms with van der Waals surface area (Å²) < 4.78 is 1.27. The van der Waals surface area contributed by atoms with Crippen LogP contribution in [0.1, 0.15) is 44.6 Å². The zero-order valence-electron chi connectivity index (χ0n) is 10.6. The number of rotatable bonds is 3. The fraction of sp³-hybridized carbons (Fsp3) is 0.533. The van der Waals surface area contributed by atoms with Crippen molar-refractivity contribution in [2.24, 2.45) is 0 Å². The summed E-state index contributed by atoms with van der Waals surface area (Å²) in [5.41, 5.74) is 2.17. The molecule has 1 aromatic carbocycles. The van der Waals surface area contributed by atoms with E-state index in [1.54, 1.807) is 0 Å². The van der Waals surface area contributed by atoms with Crippen molar-refractivity contribution in [1.82, 2.24) is 0 Å². The lowest BCUT2D eigenvalue weighted by molar-refractivity contribution is -0.507. The van der Waals surface area contributed by atoms with Gasteiger partial charge >= 0.3 is 0 Å². The number of hydroxylamine groups is 1. The molecular weight excluding hydrogens is 210 g/mol. The maximum atomic E-state index is 12.2. The van der Waals surface area contributed by atoms with Gasteiger partial charge in [0.05, 0.1) is 6.42 Å². The van der Waals surface area contributed by atoms with Gasteiger partial charge in [0.1, 0.15) is 0 Å². The van der Waals surface area contributed by atoms with Gasteiger partial charge in [-0.15, -0.1) is 0 Å². The number of hydrogen-bond donors (Lipinski definition) is 0. The minimum atomic E-state index is 0.229. The second-order valence-electron chi connectivity index (χ2n) is 5.02. The van der Waals surface area contributed by atoms with Crippen molar-refractivity contribution < 1.29 is 4.74 Å². The van der Waals surface area contributed by atoms with Crippen molar-refractivity contribution in [3.8, 4) is 0 Å². The third-order valence-corrected chi connectivity index (χ3v) is 3.59. The Bertz CT molecular complexity index is 377. The quantitative estimate of drug-likeness (QED) is 0.338. The molecule has 92 valence electrons. The molecule has 0 spiro atoms. The fourth-order valence-corrected chi connectivity index (χ4v) is 2.60. The highest BCUT2D eigenvalue weighted by atomic mass is 16.5. The Labute approximate surface area is 104 Å².